The Kier molecular flexibility index (Phi) is 4.08. The Morgan fingerprint density at radius 1 is 1.24 bits per heavy atom. The zero-order chi connectivity index (χ0) is 17.6. The molecule has 0 aromatic heterocycles. The summed E-state index contributed by atoms with van der Waals surface area (Å²) in [6, 6.07) is 12.6. The van der Waals surface area contributed by atoms with Crippen LogP contribution in [0, 0.1) is 0 Å². The van der Waals surface area contributed by atoms with Gasteiger partial charge in [0.1, 0.15) is 0 Å². The molecular weight excluding hydrogens is 406 g/mol. The maximum atomic E-state index is 13.0. The number of piperidine rings is 1. The highest BCUT2D eigenvalue weighted by molar-refractivity contribution is 9.10. The highest BCUT2D eigenvalue weighted by atomic mass is 79.9. The maximum absolute atomic E-state index is 13.0. The molecule has 0 N–H and O–H groups in total. The van der Waals surface area contributed by atoms with E-state index < -0.39 is 5.60 Å². The molecule has 25 heavy (non-hydrogen) atoms. The number of likely N-dealkylation sites (tertiary alicyclic amines) is 1. The van der Waals surface area contributed by atoms with Crippen molar-refractivity contribution >= 4 is 39.4 Å². The predicted octanol–water partition coefficient (Wildman–Crippen LogP) is 4.40. The number of ether oxygens (including phenoxy) is 1. The smallest absolute Gasteiger partial charge is 0.339 e. The minimum Gasteiger partial charge on any atom is -0.449 e. The summed E-state index contributed by atoms with van der Waals surface area (Å²) in [6.45, 7) is 0.959. The zero-order valence-corrected chi connectivity index (χ0v) is 15.6. The van der Waals surface area contributed by atoms with Crippen molar-refractivity contribution in [2.24, 2.45) is 0 Å². The number of esters is 1. The first-order valence-electron chi connectivity index (χ1n) is 8.07. The third kappa shape index (κ3) is 2.75. The first kappa shape index (κ1) is 16.6. The molecule has 2 aliphatic heterocycles. The number of nitrogens with zero attached hydrogens (tertiary/aromatic N) is 1. The molecule has 2 aromatic carbocycles. The Balaban J connectivity index is 1.67. The average molecular weight is 421 g/mol. The van der Waals surface area contributed by atoms with Crippen LogP contribution in [0.2, 0.25) is 5.02 Å². The molecule has 2 aliphatic rings. The van der Waals surface area contributed by atoms with Gasteiger partial charge in [-0.25, -0.2) is 4.79 Å². The van der Waals surface area contributed by atoms with E-state index in [1.54, 1.807) is 29.2 Å². The van der Waals surface area contributed by atoms with Crippen molar-refractivity contribution in [2.75, 3.05) is 13.1 Å². The van der Waals surface area contributed by atoms with Gasteiger partial charge in [-0.3, -0.25) is 4.79 Å². The summed E-state index contributed by atoms with van der Waals surface area (Å²) < 4.78 is 6.55. The van der Waals surface area contributed by atoms with Crippen LogP contribution in [-0.2, 0) is 10.3 Å². The molecule has 0 saturated carbocycles. The lowest BCUT2D eigenvalue weighted by atomic mass is 9.85. The third-order valence-corrected chi connectivity index (χ3v) is 5.65. The highest BCUT2D eigenvalue weighted by Crippen LogP contribution is 2.43. The van der Waals surface area contributed by atoms with Crippen molar-refractivity contribution in [1.82, 2.24) is 4.90 Å². The van der Waals surface area contributed by atoms with E-state index in [2.05, 4.69) is 15.9 Å². The molecule has 1 amide bonds. The van der Waals surface area contributed by atoms with Gasteiger partial charge in [-0.05, 0) is 37.1 Å². The van der Waals surface area contributed by atoms with Crippen LogP contribution < -0.4 is 0 Å². The Hall–Kier alpha value is -1.85. The molecule has 1 fully saturated rings. The van der Waals surface area contributed by atoms with Gasteiger partial charge in [-0.2, -0.15) is 0 Å². The first-order chi connectivity index (χ1) is 12.0. The van der Waals surface area contributed by atoms with E-state index >= 15 is 0 Å². The van der Waals surface area contributed by atoms with E-state index in [1.165, 1.54) is 0 Å². The summed E-state index contributed by atoms with van der Waals surface area (Å²) in [7, 11) is 0. The van der Waals surface area contributed by atoms with Crippen molar-refractivity contribution in [1.29, 1.82) is 0 Å². The fourth-order valence-corrected chi connectivity index (χ4v) is 4.24. The van der Waals surface area contributed by atoms with Crippen LogP contribution in [0.3, 0.4) is 0 Å². The van der Waals surface area contributed by atoms with Crippen LogP contribution in [0.25, 0.3) is 0 Å². The van der Waals surface area contributed by atoms with E-state index in [1.807, 2.05) is 18.2 Å². The SMILES string of the molecule is O=C1O[C@@]2(CCCN(C(=O)c3cc(Br)ccc3Cl)C2)c2ccccc21. The summed E-state index contributed by atoms with van der Waals surface area (Å²) >= 11 is 9.59. The van der Waals surface area contributed by atoms with Gasteiger partial charge in [0.25, 0.3) is 5.91 Å². The summed E-state index contributed by atoms with van der Waals surface area (Å²) in [5.74, 6) is -0.462. The number of carbonyl (C=O) groups excluding carboxylic acids is 2. The summed E-state index contributed by atoms with van der Waals surface area (Å²) in [6.07, 6.45) is 1.48. The molecule has 0 bridgehead atoms. The zero-order valence-electron chi connectivity index (χ0n) is 13.3. The number of fused-ring (bicyclic) bond motifs is 2. The van der Waals surface area contributed by atoms with Crippen LogP contribution in [0.4, 0.5) is 0 Å². The predicted molar refractivity (Wildman–Crippen MR) is 97.8 cm³/mol. The molecule has 1 atom stereocenters. The molecule has 0 radical (unpaired) electrons. The number of amides is 1. The lowest BCUT2D eigenvalue weighted by Gasteiger charge is -2.39. The lowest BCUT2D eigenvalue weighted by molar-refractivity contribution is -0.0442. The summed E-state index contributed by atoms with van der Waals surface area (Å²) in [4.78, 5) is 26.9. The first-order valence-corrected chi connectivity index (χ1v) is 9.24. The van der Waals surface area contributed by atoms with Gasteiger partial charge in [-0.15, -0.1) is 0 Å². The molecule has 4 rings (SSSR count). The molecule has 128 valence electrons. The lowest BCUT2D eigenvalue weighted by Crippen LogP contribution is -2.48. The highest BCUT2D eigenvalue weighted by Gasteiger charge is 2.48. The van der Waals surface area contributed by atoms with Crippen LogP contribution in [0.1, 0.15) is 39.1 Å². The van der Waals surface area contributed by atoms with Crippen LogP contribution in [0.5, 0.6) is 0 Å². The van der Waals surface area contributed by atoms with Gasteiger partial charge < -0.3 is 9.64 Å². The van der Waals surface area contributed by atoms with Gasteiger partial charge in [0.2, 0.25) is 0 Å². The van der Waals surface area contributed by atoms with Crippen molar-refractivity contribution < 1.29 is 14.3 Å². The normalized spacial score (nSPS) is 22.0. The van der Waals surface area contributed by atoms with Gasteiger partial charge in [0.15, 0.2) is 5.60 Å². The van der Waals surface area contributed by atoms with Gasteiger partial charge in [0.05, 0.1) is 22.7 Å². The number of benzene rings is 2. The maximum Gasteiger partial charge on any atom is 0.339 e. The molecular formula is C19H15BrClNO3. The number of hydrogen-bond acceptors (Lipinski definition) is 3. The second-order valence-corrected chi connectivity index (χ2v) is 7.71. The second-order valence-electron chi connectivity index (χ2n) is 6.38. The molecule has 2 aromatic rings. The molecule has 0 aliphatic carbocycles. The fourth-order valence-electron chi connectivity index (χ4n) is 3.68. The van der Waals surface area contributed by atoms with Crippen molar-refractivity contribution in [3.8, 4) is 0 Å². The third-order valence-electron chi connectivity index (χ3n) is 4.83. The number of hydrogen-bond donors (Lipinski definition) is 0. The number of rotatable bonds is 1. The van der Waals surface area contributed by atoms with Crippen molar-refractivity contribution in [2.45, 2.75) is 18.4 Å². The van der Waals surface area contributed by atoms with Crippen molar-refractivity contribution in [3.63, 3.8) is 0 Å². The monoisotopic (exact) mass is 419 g/mol. The Morgan fingerprint density at radius 3 is 2.88 bits per heavy atom. The fraction of sp³-hybridized carbons (Fsp3) is 0.263. The van der Waals surface area contributed by atoms with E-state index in [9.17, 15) is 9.59 Å². The Bertz CT molecular complexity index is 885. The molecule has 0 unspecified atom stereocenters. The molecule has 1 spiro atoms. The topological polar surface area (TPSA) is 46.6 Å². The van der Waals surface area contributed by atoms with Gasteiger partial charge in [0, 0.05) is 16.6 Å². The molecule has 6 heteroatoms. The van der Waals surface area contributed by atoms with Crippen molar-refractivity contribution in [3.05, 3.63) is 68.7 Å². The second kappa shape index (κ2) is 6.15. The molecule has 4 nitrogen and oxygen atoms in total. The quantitative estimate of drug-likeness (QED) is 0.642. The number of halogens is 2. The standard InChI is InChI=1S/C19H15BrClNO3/c20-12-6-7-16(21)14(10-12)17(23)22-9-3-8-19(11-22)15-5-2-1-4-13(15)18(24)25-19/h1-2,4-7,10H,3,8-9,11H2/t19-/m1/s1. The van der Waals surface area contributed by atoms with E-state index in [4.69, 9.17) is 16.3 Å². The minimum atomic E-state index is -0.750. The van der Waals surface area contributed by atoms with E-state index in [0.717, 1.165) is 16.5 Å². The summed E-state index contributed by atoms with van der Waals surface area (Å²) in [5.41, 5.74) is 1.17. The average Bonchev–Trinajstić information content (AvgIpc) is 2.88. The molecule has 1 saturated heterocycles. The molecule has 2 heterocycles. The van der Waals surface area contributed by atoms with Gasteiger partial charge in [-0.1, -0.05) is 45.7 Å². The van der Waals surface area contributed by atoms with Crippen LogP contribution >= 0.6 is 27.5 Å². The minimum absolute atomic E-state index is 0.147. The van der Waals surface area contributed by atoms with E-state index in [0.29, 0.717) is 35.7 Å². The van der Waals surface area contributed by atoms with Crippen LogP contribution in [-0.4, -0.2) is 29.9 Å². The number of carbonyl (C=O) groups is 2. The van der Waals surface area contributed by atoms with E-state index in [-0.39, 0.29) is 11.9 Å². The largest absolute Gasteiger partial charge is 0.449 e. The Labute approximate surface area is 158 Å². The summed E-state index contributed by atoms with van der Waals surface area (Å²) in [5, 5.41) is 0.414. The van der Waals surface area contributed by atoms with Gasteiger partial charge >= 0.3 is 5.97 Å². The Morgan fingerprint density at radius 2 is 2.04 bits per heavy atom. The van der Waals surface area contributed by atoms with Crippen LogP contribution in [0.15, 0.2) is 46.9 Å².